The molecule has 2 aliphatic rings. The van der Waals surface area contributed by atoms with E-state index in [2.05, 4.69) is 16.7 Å². The third-order valence-electron chi connectivity index (χ3n) is 4.18. The van der Waals surface area contributed by atoms with E-state index in [9.17, 15) is 4.79 Å². The van der Waals surface area contributed by atoms with E-state index in [0.717, 1.165) is 38.1 Å². The topological polar surface area (TPSA) is 50.4 Å². The standard InChI is InChI=1S/C16H22N2O2.ClH/c19-16(18-13-4-3-8-17-11-13)10-12-7-9-20-15-6-2-1-5-14(12)15;/h1-2,5-6,12-13,17H,3-4,7-11H2,(H,18,19);1H/t12?,13-;/m0./s1. The van der Waals surface area contributed by atoms with Crippen molar-refractivity contribution in [2.75, 3.05) is 19.7 Å². The maximum atomic E-state index is 12.2. The molecule has 0 radical (unpaired) electrons. The van der Waals surface area contributed by atoms with E-state index in [0.29, 0.717) is 19.1 Å². The van der Waals surface area contributed by atoms with Gasteiger partial charge in [0, 0.05) is 19.0 Å². The molecule has 1 unspecified atom stereocenters. The Labute approximate surface area is 132 Å². The molecule has 2 heterocycles. The molecule has 1 fully saturated rings. The fourth-order valence-corrected chi connectivity index (χ4v) is 3.11. The molecule has 2 atom stereocenters. The summed E-state index contributed by atoms with van der Waals surface area (Å²) in [5.74, 6) is 1.40. The van der Waals surface area contributed by atoms with E-state index in [-0.39, 0.29) is 24.2 Å². The van der Waals surface area contributed by atoms with Crippen molar-refractivity contribution in [1.29, 1.82) is 0 Å². The molecule has 0 aliphatic carbocycles. The van der Waals surface area contributed by atoms with Gasteiger partial charge < -0.3 is 15.4 Å². The summed E-state index contributed by atoms with van der Waals surface area (Å²) in [4.78, 5) is 12.2. The summed E-state index contributed by atoms with van der Waals surface area (Å²) >= 11 is 0. The second-order valence-electron chi connectivity index (χ2n) is 5.69. The van der Waals surface area contributed by atoms with Gasteiger partial charge >= 0.3 is 0 Å². The summed E-state index contributed by atoms with van der Waals surface area (Å²) in [6.07, 6.45) is 3.72. The number of hydrogen-bond acceptors (Lipinski definition) is 3. The first-order valence-corrected chi connectivity index (χ1v) is 7.55. The SMILES string of the molecule is Cl.O=C(CC1CCOc2ccccc21)N[C@H]1CCCNC1. The lowest BCUT2D eigenvalue weighted by Crippen LogP contribution is -2.45. The van der Waals surface area contributed by atoms with Gasteiger partial charge in [0.15, 0.2) is 0 Å². The van der Waals surface area contributed by atoms with Gasteiger partial charge in [-0.2, -0.15) is 0 Å². The van der Waals surface area contributed by atoms with Crippen LogP contribution < -0.4 is 15.4 Å². The molecule has 2 aliphatic heterocycles. The predicted molar refractivity (Wildman–Crippen MR) is 85.2 cm³/mol. The van der Waals surface area contributed by atoms with Crippen molar-refractivity contribution < 1.29 is 9.53 Å². The van der Waals surface area contributed by atoms with Gasteiger partial charge in [-0.05, 0) is 43.4 Å². The van der Waals surface area contributed by atoms with Crippen LogP contribution in [0.1, 0.15) is 37.2 Å². The van der Waals surface area contributed by atoms with Gasteiger partial charge in [0.25, 0.3) is 0 Å². The van der Waals surface area contributed by atoms with Crippen molar-refractivity contribution in [3.63, 3.8) is 0 Å². The van der Waals surface area contributed by atoms with Crippen LogP contribution >= 0.6 is 12.4 Å². The molecule has 5 heteroatoms. The number of halogens is 1. The van der Waals surface area contributed by atoms with Crippen LogP contribution in [0.25, 0.3) is 0 Å². The van der Waals surface area contributed by atoms with E-state index in [1.165, 1.54) is 5.56 Å². The number of carbonyl (C=O) groups excluding carboxylic acids is 1. The largest absolute Gasteiger partial charge is 0.493 e. The molecule has 0 saturated carbocycles. The molecule has 0 spiro atoms. The molecule has 116 valence electrons. The molecule has 1 aromatic carbocycles. The summed E-state index contributed by atoms with van der Waals surface area (Å²) in [6, 6.07) is 8.36. The van der Waals surface area contributed by atoms with E-state index in [1.807, 2.05) is 18.2 Å². The summed E-state index contributed by atoms with van der Waals surface area (Å²) < 4.78 is 5.64. The van der Waals surface area contributed by atoms with E-state index < -0.39 is 0 Å². The van der Waals surface area contributed by atoms with Crippen molar-refractivity contribution >= 4 is 18.3 Å². The zero-order valence-electron chi connectivity index (χ0n) is 12.1. The second kappa shape index (κ2) is 7.66. The molecule has 4 nitrogen and oxygen atoms in total. The normalized spacial score (nSPS) is 24.2. The maximum absolute atomic E-state index is 12.2. The van der Waals surface area contributed by atoms with E-state index >= 15 is 0 Å². The van der Waals surface area contributed by atoms with E-state index in [4.69, 9.17) is 4.74 Å². The van der Waals surface area contributed by atoms with Crippen LogP contribution in [-0.4, -0.2) is 31.6 Å². The average molecular weight is 311 g/mol. The van der Waals surface area contributed by atoms with Crippen LogP contribution in [0.5, 0.6) is 5.75 Å². The Bertz CT molecular complexity index is 475. The number of carbonyl (C=O) groups is 1. The van der Waals surface area contributed by atoms with Crippen molar-refractivity contribution in [1.82, 2.24) is 10.6 Å². The van der Waals surface area contributed by atoms with E-state index in [1.54, 1.807) is 0 Å². The smallest absolute Gasteiger partial charge is 0.220 e. The molecule has 3 rings (SSSR count). The van der Waals surface area contributed by atoms with Crippen LogP contribution in [0, 0.1) is 0 Å². The number of hydrogen-bond donors (Lipinski definition) is 2. The minimum atomic E-state index is 0. The Balaban J connectivity index is 0.00000161. The lowest BCUT2D eigenvalue weighted by Gasteiger charge is -2.27. The molecule has 1 saturated heterocycles. The predicted octanol–water partition coefficient (Wildman–Crippen LogP) is 2.23. The molecule has 0 bridgehead atoms. The average Bonchev–Trinajstić information content (AvgIpc) is 2.48. The highest BCUT2D eigenvalue weighted by molar-refractivity contribution is 5.85. The monoisotopic (exact) mass is 310 g/mol. The summed E-state index contributed by atoms with van der Waals surface area (Å²) in [7, 11) is 0. The number of benzene rings is 1. The molecule has 1 amide bonds. The maximum Gasteiger partial charge on any atom is 0.220 e. The van der Waals surface area contributed by atoms with Crippen LogP contribution in [0.15, 0.2) is 24.3 Å². The Morgan fingerprint density at radius 3 is 3.00 bits per heavy atom. The van der Waals surface area contributed by atoms with Gasteiger partial charge in [0.05, 0.1) is 6.61 Å². The lowest BCUT2D eigenvalue weighted by molar-refractivity contribution is -0.122. The minimum absolute atomic E-state index is 0. The molecular formula is C16H23ClN2O2. The number of nitrogens with one attached hydrogen (secondary N) is 2. The van der Waals surface area contributed by atoms with Gasteiger partial charge in [0.1, 0.15) is 5.75 Å². The van der Waals surface area contributed by atoms with Gasteiger partial charge in [-0.15, -0.1) is 12.4 Å². The third-order valence-corrected chi connectivity index (χ3v) is 4.18. The highest BCUT2D eigenvalue weighted by Crippen LogP contribution is 2.35. The fraction of sp³-hybridized carbons (Fsp3) is 0.562. The van der Waals surface area contributed by atoms with Crippen LogP contribution in [0.2, 0.25) is 0 Å². The number of rotatable bonds is 3. The lowest BCUT2D eigenvalue weighted by atomic mass is 9.90. The van der Waals surface area contributed by atoms with Crippen LogP contribution in [0.3, 0.4) is 0 Å². The third kappa shape index (κ3) is 4.11. The number of amides is 1. The first-order valence-electron chi connectivity index (χ1n) is 7.55. The van der Waals surface area contributed by atoms with Crippen molar-refractivity contribution in [2.45, 2.75) is 37.6 Å². The molecule has 2 N–H and O–H groups in total. The van der Waals surface area contributed by atoms with Crippen molar-refractivity contribution in [3.8, 4) is 5.75 Å². The van der Waals surface area contributed by atoms with Gasteiger partial charge in [-0.3, -0.25) is 4.79 Å². The Morgan fingerprint density at radius 1 is 1.33 bits per heavy atom. The minimum Gasteiger partial charge on any atom is -0.493 e. The Morgan fingerprint density at radius 2 is 2.19 bits per heavy atom. The van der Waals surface area contributed by atoms with Gasteiger partial charge in [-0.1, -0.05) is 18.2 Å². The molecule has 21 heavy (non-hydrogen) atoms. The number of fused-ring (bicyclic) bond motifs is 1. The van der Waals surface area contributed by atoms with Crippen LogP contribution in [-0.2, 0) is 4.79 Å². The zero-order chi connectivity index (χ0) is 13.8. The highest BCUT2D eigenvalue weighted by Gasteiger charge is 2.24. The van der Waals surface area contributed by atoms with Crippen molar-refractivity contribution in [2.24, 2.45) is 0 Å². The summed E-state index contributed by atoms with van der Waals surface area (Å²) in [5, 5.41) is 6.48. The summed E-state index contributed by atoms with van der Waals surface area (Å²) in [6.45, 7) is 2.68. The first-order chi connectivity index (χ1) is 9.83. The Kier molecular flexibility index (Phi) is 5.88. The van der Waals surface area contributed by atoms with Gasteiger partial charge in [0.2, 0.25) is 5.91 Å². The van der Waals surface area contributed by atoms with Crippen molar-refractivity contribution in [3.05, 3.63) is 29.8 Å². The fourth-order valence-electron chi connectivity index (χ4n) is 3.11. The molecule has 0 aromatic heterocycles. The van der Waals surface area contributed by atoms with Gasteiger partial charge in [-0.25, -0.2) is 0 Å². The second-order valence-corrected chi connectivity index (χ2v) is 5.69. The number of para-hydroxylation sites is 1. The zero-order valence-corrected chi connectivity index (χ0v) is 13.0. The quantitative estimate of drug-likeness (QED) is 0.900. The van der Waals surface area contributed by atoms with Crippen LogP contribution in [0.4, 0.5) is 0 Å². The number of ether oxygens (including phenoxy) is 1. The Hall–Kier alpha value is -1.26. The highest BCUT2D eigenvalue weighted by atomic mass is 35.5. The molecular weight excluding hydrogens is 288 g/mol. The summed E-state index contributed by atoms with van der Waals surface area (Å²) in [5.41, 5.74) is 1.18. The molecule has 1 aromatic rings. The first kappa shape index (κ1) is 16.1. The number of piperidine rings is 1.